The van der Waals surface area contributed by atoms with Gasteiger partial charge < -0.3 is 25.7 Å². The summed E-state index contributed by atoms with van der Waals surface area (Å²) >= 11 is 0. The van der Waals surface area contributed by atoms with Gasteiger partial charge in [-0.3, -0.25) is 4.79 Å². The van der Waals surface area contributed by atoms with Gasteiger partial charge in [-0.25, -0.2) is 0 Å². The summed E-state index contributed by atoms with van der Waals surface area (Å²) in [5, 5.41) is 43.9. The number of allylic oxidation sites excluding steroid dienone is 6. The molecule has 0 fully saturated rings. The summed E-state index contributed by atoms with van der Waals surface area (Å²) in [7, 11) is 0. The lowest BCUT2D eigenvalue weighted by atomic mass is 10.00. The topological polar surface area (TPSA) is 110 Å². The molecule has 6 heteroatoms. The Morgan fingerprint density at radius 2 is 0.627 bits per heavy atom. The Balaban J connectivity index is 3.55. The van der Waals surface area contributed by atoms with Crippen molar-refractivity contribution in [1.29, 1.82) is 0 Å². The Hall–Kier alpha value is -1.47. The van der Waals surface area contributed by atoms with Gasteiger partial charge in [0.05, 0.1) is 18.8 Å². The van der Waals surface area contributed by atoms with Crippen LogP contribution < -0.4 is 5.32 Å². The minimum absolute atomic E-state index is 0.362. The van der Waals surface area contributed by atoms with E-state index in [1.165, 1.54) is 244 Å². The maximum Gasteiger partial charge on any atom is 0.249 e. The molecule has 0 aliphatic carbocycles. The number of aliphatic hydroxyl groups is 4. The Bertz CT molecular complexity index is 1060. The van der Waals surface area contributed by atoms with Gasteiger partial charge in [0, 0.05) is 0 Å². The monoisotopic (exact) mass is 944 g/mol. The molecule has 0 aromatic carbocycles. The van der Waals surface area contributed by atoms with E-state index in [4.69, 9.17) is 0 Å². The van der Waals surface area contributed by atoms with Crippen LogP contribution in [-0.2, 0) is 4.79 Å². The number of rotatable bonds is 55. The number of hydrogen-bond donors (Lipinski definition) is 5. The van der Waals surface area contributed by atoms with Crippen molar-refractivity contribution in [3.05, 3.63) is 36.5 Å². The third kappa shape index (κ3) is 49.3. The van der Waals surface area contributed by atoms with E-state index in [0.29, 0.717) is 19.3 Å². The average molecular weight is 945 g/mol. The van der Waals surface area contributed by atoms with Gasteiger partial charge in [0.1, 0.15) is 12.2 Å². The van der Waals surface area contributed by atoms with Crippen LogP contribution in [0.1, 0.15) is 316 Å². The molecule has 67 heavy (non-hydrogen) atoms. The highest BCUT2D eigenvalue weighted by Crippen LogP contribution is 2.18. The summed E-state index contributed by atoms with van der Waals surface area (Å²) in [5.74, 6) is -0.594. The van der Waals surface area contributed by atoms with Crippen LogP contribution in [0.15, 0.2) is 36.5 Å². The standard InChI is InChI=1S/C61H117NO5/c1-3-5-7-9-11-13-15-17-19-20-21-22-23-24-25-26-27-28-29-30-31-32-33-34-35-36-37-38-39-41-43-45-47-49-51-53-55-59(65)61(67)62-57(56-63)60(66)58(64)54-52-50-48-46-44-42-40-18-16-14-12-10-8-6-4-2/h18,28-29,40,46,48,57-60,63-66H,3-17,19-27,30-39,41-45,47,49-56H2,1-2H3,(H,62,67)/b29-28-,40-18+,48-46+. The molecule has 0 bridgehead atoms. The first kappa shape index (κ1) is 65.5. The number of nitrogens with one attached hydrogen (secondary N) is 1. The molecular weight excluding hydrogens is 827 g/mol. The Morgan fingerprint density at radius 1 is 0.358 bits per heavy atom. The SMILES string of the molecule is CCCCCCCC/C=C/CC/C=C/CCCC(O)C(O)C(CO)NC(=O)C(O)CCCCCCCCCCCCCCCCCC/C=C\CCCCCCCCCCCCCCCCCC. The quantitative estimate of drug-likeness (QED) is 0.0308. The molecule has 0 saturated heterocycles. The summed E-state index contributed by atoms with van der Waals surface area (Å²) in [6.07, 6.45) is 69.6. The molecule has 0 saturated carbocycles. The highest BCUT2D eigenvalue weighted by Gasteiger charge is 2.28. The number of carbonyl (C=O) groups excluding carboxylic acids is 1. The molecule has 0 aromatic heterocycles. The lowest BCUT2D eigenvalue weighted by Crippen LogP contribution is -2.53. The first-order chi connectivity index (χ1) is 33.0. The van der Waals surface area contributed by atoms with Gasteiger partial charge in [-0.05, 0) is 77.0 Å². The molecule has 0 spiro atoms. The van der Waals surface area contributed by atoms with Crippen LogP contribution >= 0.6 is 0 Å². The van der Waals surface area contributed by atoms with Gasteiger partial charge >= 0.3 is 0 Å². The van der Waals surface area contributed by atoms with Crippen LogP contribution in [0, 0.1) is 0 Å². The van der Waals surface area contributed by atoms with Crippen molar-refractivity contribution < 1.29 is 25.2 Å². The van der Waals surface area contributed by atoms with Crippen molar-refractivity contribution >= 4 is 5.91 Å². The normalized spacial score (nSPS) is 13.9. The predicted molar refractivity (Wildman–Crippen MR) is 293 cm³/mol. The maximum absolute atomic E-state index is 12.6. The van der Waals surface area contributed by atoms with Crippen molar-refractivity contribution in [1.82, 2.24) is 5.32 Å². The predicted octanol–water partition coefficient (Wildman–Crippen LogP) is 17.6. The zero-order valence-electron chi connectivity index (χ0n) is 44.9. The summed E-state index contributed by atoms with van der Waals surface area (Å²) < 4.78 is 0. The second kappa shape index (κ2) is 55.5. The molecule has 0 heterocycles. The van der Waals surface area contributed by atoms with Gasteiger partial charge in [-0.2, -0.15) is 0 Å². The molecule has 0 rings (SSSR count). The summed E-state index contributed by atoms with van der Waals surface area (Å²) in [5.41, 5.74) is 0. The van der Waals surface area contributed by atoms with Crippen LogP contribution in [-0.4, -0.2) is 57.3 Å². The molecule has 0 aliphatic rings. The van der Waals surface area contributed by atoms with Crippen molar-refractivity contribution in [2.24, 2.45) is 0 Å². The van der Waals surface area contributed by atoms with Gasteiger partial charge in [0.15, 0.2) is 0 Å². The fourth-order valence-electron chi connectivity index (χ4n) is 9.36. The molecule has 0 radical (unpaired) electrons. The Kier molecular flexibility index (Phi) is 54.2. The lowest BCUT2D eigenvalue weighted by Gasteiger charge is -2.27. The number of carbonyl (C=O) groups is 1. The van der Waals surface area contributed by atoms with E-state index in [-0.39, 0.29) is 0 Å². The van der Waals surface area contributed by atoms with E-state index in [9.17, 15) is 25.2 Å². The van der Waals surface area contributed by atoms with Gasteiger partial charge in [0.25, 0.3) is 0 Å². The zero-order chi connectivity index (χ0) is 48.8. The smallest absolute Gasteiger partial charge is 0.249 e. The Labute approximate surface area is 417 Å². The minimum Gasteiger partial charge on any atom is -0.394 e. The molecule has 0 aliphatic heterocycles. The fraction of sp³-hybridized carbons (Fsp3) is 0.885. The largest absolute Gasteiger partial charge is 0.394 e. The lowest BCUT2D eigenvalue weighted by molar-refractivity contribution is -0.132. The first-order valence-corrected chi connectivity index (χ1v) is 29.9. The van der Waals surface area contributed by atoms with E-state index in [2.05, 4.69) is 55.6 Å². The van der Waals surface area contributed by atoms with Crippen molar-refractivity contribution in [3.8, 4) is 0 Å². The third-order valence-corrected chi connectivity index (χ3v) is 14.1. The van der Waals surface area contributed by atoms with Crippen molar-refractivity contribution in [2.45, 2.75) is 340 Å². The fourth-order valence-corrected chi connectivity index (χ4v) is 9.36. The van der Waals surface area contributed by atoms with Crippen molar-refractivity contribution in [3.63, 3.8) is 0 Å². The molecule has 0 aromatic rings. The van der Waals surface area contributed by atoms with E-state index in [0.717, 1.165) is 38.5 Å². The highest BCUT2D eigenvalue weighted by atomic mass is 16.3. The maximum atomic E-state index is 12.6. The van der Waals surface area contributed by atoms with E-state index >= 15 is 0 Å². The summed E-state index contributed by atoms with van der Waals surface area (Å²) in [4.78, 5) is 12.6. The molecule has 396 valence electrons. The van der Waals surface area contributed by atoms with Crippen LogP contribution in [0.2, 0.25) is 0 Å². The van der Waals surface area contributed by atoms with Crippen LogP contribution in [0.3, 0.4) is 0 Å². The molecular formula is C61H117NO5. The van der Waals surface area contributed by atoms with Gasteiger partial charge in [0.2, 0.25) is 5.91 Å². The van der Waals surface area contributed by atoms with Crippen LogP contribution in [0.4, 0.5) is 0 Å². The van der Waals surface area contributed by atoms with E-state index < -0.39 is 36.9 Å². The molecule has 1 amide bonds. The van der Waals surface area contributed by atoms with Gasteiger partial charge in [-0.1, -0.05) is 275 Å². The highest BCUT2D eigenvalue weighted by molar-refractivity contribution is 5.80. The number of aliphatic hydroxyl groups excluding tert-OH is 4. The Morgan fingerprint density at radius 3 is 0.940 bits per heavy atom. The van der Waals surface area contributed by atoms with E-state index in [1.807, 2.05) is 0 Å². The summed E-state index contributed by atoms with van der Waals surface area (Å²) in [6, 6.07) is -1.01. The molecule has 5 N–H and O–H groups in total. The number of amides is 1. The second-order valence-electron chi connectivity index (χ2n) is 20.7. The average Bonchev–Trinajstić information content (AvgIpc) is 3.33. The first-order valence-electron chi connectivity index (χ1n) is 29.9. The van der Waals surface area contributed by atoms with Crippen molar-refractivity contribution in [2.75, 3.05) is 6.61 Å². The second-order valence-corrected chi connectivity index (χ2v) is 20.7. The molecule has 4 atom stereocenters. The van der Waals surface area contributed by atoms with E-state index in [1.54, 1.807) is 0 Å². The van der Waals surface area contributed by atoms with Crippen LogP contribution in [0.25, 0.3) is 0 Å². The number of hydrogen-bond acceptors (Lipinski definition) is 5. The molecule has 6 nitrogen and oxygen atoms in total. The van der Waals surface area contributed by atoms with Gasteiger partial charge in [-0.15, -0.1) is 0 Å². The third-order valence-electron chi connectivity index (χ3n) is 14.1. The zero-order valence-corrected chi connectivity index (χ0v) is 44.9. The minimum atomic E-state index is -1.29. The van der Waals surface area contributed by atoms with Crippen LogP contribution in [0.5, 0.6) is 0 Å². The summed E-state index contributed by atoms with van der Waals surface area (Å²) in [6.45, 7) is 4.05. The number of unbranched alkanes of at least 4 members (excludes halogenated alkanes) is 40. The molecule has 4 unspecified atom stereocenters.